The van der Waals surface area contributed by atoms with Crippen LogP contribution in [0.2, 0.25) is 0 Å². The maximum absolute atomic E-state index is 6.19. The zero-order valence-corrected chi connectivity index (χ0v) is 19.6. The Kier molecular flexibility index (Phi) is 6.86. The number of methoxy groups -OCH3 is 1. The summed E-state index contributed by atoms with van der Waals surface area (Å²) >= 11 is 0. The fourth-order valence-corrected chi connectivity index (χ4v) is 4.43. The molecule has 0 unspecified atom stereocenters. The van der Waals surface area contributed by atoms with Crippen molar-refractivity contribution in [3.05, 3.63) is 78.9 Å². The van der Waals surface area contributed by atoms with Gasteiger partial charge < -0.3 is 14.4 Å². The highest BCUT2D eigenvalue weighted by atomic mass is 16.5. The molecular weight excluding hydrogens is 424 g/mol. The van der Waals surface area contributed by atoms with Crippen LogP contribution in [0.15, 0.2) is 78.9 Å². The number of aromatic nitrogens is 2. The lowest BCUT2D eigenvalue weighted by atomic mass is 10.2. The van der Waals surface area contributed by atoms with Crippen LogP contribution in [0.5, 0.6) is 11.6 Å². The van der Waals surface area contributed by atoms with E-state index in [1.807, 2.05) is 66.7 Å². The second-order valence-corrected chi connectivity index (χ2v) is 8.44. The number of anilines is 1. The zero-order valence-electron chi connectivity index (χ0n) is 19.6. The first-order valence-electron chi connectivity index (χ1n) is 11.9. The van der Waals surface area contributed by atoms with Crippen molar-refractivity contribution in [2.45, 2.75) is 6.42 Å². The van der Waals surface area contributed by atoms with Gasteiger partial charge in [0.1, 0.15) is 5.75 Å². The van der Waals surface area contributed by atoms with Crippen LogP contribution in [0.3, 0.4) is 0 Å². The third kappa shape index (κ3) is 4.97. The largest absolute Gasteiger partial charge is 0.495 e. The molecule has 0 radical (unpaired) electrons. The van der Waals surface area contributed by atoms with E-state index in [1.54, 1.807) is 7.11 Å². The molecule has 0 amide bonds. The number of ether oxygens (including phenoxy) is 2. The predicted molar refractivity (Wildman–Crippen MR) is 137 cm³/mol. The Morgan fingerprint density at radius 1 is 0.794 bits per heavy atom. The predicted octanol–water partition coefficient (Wildman–Crippen LogP) is 4.90. The Labute approximate surface area is 200 Å². The Morgan fingerprint density at radius 3 is 2.35 bits per heavy atom. The molecule has 1 fully saturated rings. The molecule has 0 bridgehead atoms. The summed E-state index contributed by atoms with van der Waals surface area (Å²) in [7, 11) is 1.73. The lowest BCUT2D eigenvalue weighted by Gasteiger charge is -2.36. The summed E-state index contributed by atoms with van der Waals surface area (Å²) < 4.78 is 11.7. The van der Waals surface area contributed by atoms with Crippen LogP contribution in [0.4, 0.5) is 5.69 Å². The molecule has 0 atom stereocenters. The quantitative estimate of drug-likeness (QED) is 0.353. The second-order valence-electron chi connectivity index (χ2n) is 8.44. The highest BCUT2D eigenvalue weighted by Crippen LogP contribution is 2.29. The van der Waals surface area contributed by atoms with Gasteiger partial charge in [0.05, 0.1) is 30.3 Å². The number of benzene rings is 3. The summed E-state index contributed by atoms with van der Waals surface area (Å²) in [5.41, 5.74) is 3.07. The van der Waals surface area contributed by atoms with E-state index in [2.05, 4.69) is 21.9 Å². The molecule has 174 valence electrons. The van der Waals surface area contributed by atoms with Gasteiger partial charge in [-0.25, -0.2) is 4.98 Å². The van der Waals surface area contributed by atoms with Crippen LogP contribution in [0.1, 0.15) is 6.42 Å². The summed E-state index contributed by atoms with van der Waals surface area (Å²) in [6.45, 7) is 5.70. The van der Waals surface area contributed by atoms with Crippen LogP contribution in [-0.4, -0.2) is 61.3 Å². The molecule has 0 spiro atoms. The summed E-state index contributed by atoms with van der Waals surface area (Å²) in [5.74, 6) is 2.29. The minimum Gasteiger partial charge on any atom is -0.495 e. The number of hydrogen-bond donors (Lipinski definition) is 0. The van der Waals surface area contributed by atoms with Crippen LogP contribution >= 0.6 is 0 Å². The van der Waals surface area contributed by atoms with Crippen LogP contribution in [0.25, 0.3) is 22.3 Å². The summed E-state index contributed by atoms with van der Waals surface area (Å²) in [5, 5.41) is 0.951. The average Bonchev–Trinajstić information content (AvgIpc) is 2.91. The van der Waals surface area contributed by atoms with Gasteiger partial charge in [-0.2, -0.15) is 4.98 Å². The summed E-state index contributed by atoms with van der Waals surface area (Å²) in [6, 6.07) is 26.3. The minimum absolute atomic E-state index is 0.627. The van der Waals surface area contributed by atoms with Crippen molar-refractivity contribution in [2.75, 3.05) is 51.3 Å². The molecule has 1 aromatic heterocycles. The monoisotopic (exact) mass is 454 g/mol. The Balaban J connectivity index is 1.17. The molecule has 6 nitrogen and oxygen atoms in total. The number of nitrogens with zero attached hydrogens (tertiary/aromatic N) is 4. The van der Waals surface area contributed by atoms with Crippen molar-refractivity contribution < 1.29 is 9.47 Å². The number of rotatable bonds is 8. The maximum atomic E-state index is 6.19. The maximum Gasteiger partial charge on any atom is 0.225 e. The molecule has 5 rings (SSSR count). The number of piperazine rings is 1. The Hall–Kier alpha value is -3.64. The SMILES string of the molecule is COc1ccccc1N1CCN(CCCOc2nc(-c3ccccc3)nc3ccccc23)CC1. The topological polar surface area (TPSA) is 50.7 Å². The van der Waals surface area contributed by atoms with E-state index < -0.39 is 0 Å². The van der Waals surface area contributed by atoms with Gasteiger partial charge in [-0.15, -0.1) is 0 Å². The zero-order chi connectivity index (χ0) is 23.2. The summed E-state index contributed by atoms with van der Waals surface area (Å²) in [6.07, 6.45) is 0.952. The first-order valence-corrected chi connectivity index (χ1v) is 11.9. The lowest BCUT2D eigenvalue weighted by Crippen LogP contribution is -2.46. The second kappa shape index (κ2) is 10.5. The highest BCUT2D eigenvalue weighted by Gasteiger charge is 2.19. The number of para-hydroxylation sites is 3. The van der Waals surface area contributed by atoms with Crippen LogP contribution < -0.4 is 14.4 Å². The number of fused-ring (bicyclic) bond motifs is 1. The smallest absolute Gasteiger partial charge is 0.225 e. The van der Waals surface area contributed by atoms with Gasteiger partial charge in [-0.05, 0) is 30.7 Å². The first-order chi connectivity index (χ1) is 16.8. The van der Waals surface area contributed by atoms with Gasteiger partial charge >= 0.3 is 0 Å². The average molecular weight is 455 g/mol. The molecule has 3 aromatic carbocycles. The van der Waals surface area contributed by atoms with Gasteiger partial charge in [0.15, 0.2) is 5.82 Å². The normalized spacial score (nSPS) is 14.3. The molecule has 6 heteroatoms. The van der Waals surface area contributed by atoms with Crippen molar-refractivity contribution in [1.82, 2.24) is 14.9 Å². The van der Waals surface area contributed by atoms with E-state index in [9.17, 15) is 0 Å². The fraction of sp³-hybridized carbons (Fsp3) is 0.286. The van der Waals surface area contributed by atoms with E-state index in [0.717, 1.165) is 61.4 Å². The van der Waals surface area contributed by atoms with Gasteiger partial charge in [-0.1, -0.05) is 54.6 Å². The van der Waals surface area contributed by atoms with Gasteiger partial charge in [0.25, 0.3) is 0 Å². The van der Waals surface area contributed by atoms with Crippen molar-refractivity contribution in [1.29, 1.82) is 0 Å². The van der Waals surface area contributed by atoms with Gasteiger partial charge in [0.2, 0.25) is 5.88 Å². The van der Waals surface area contributed by atoms with Crippen molar-refractivity contribution >= 4 is 16.6 Å². The molecule has 1 saturated heterocycles. The van der Waals surface area contributed by atoms with E-state index in [0.29, 0.717) is 18.3 Å². The van der Waals surface area contributed by atoms with E-state index in [-0.39, 0.29) is 0 Å². The van der Waals surface area contributed by atoms with Crippen LogP contribution in [-0.2, 0) is 0 Å². The third-order valence-corrected chi connectivity index (χ3v) is 6.26. The highest BCUT2D eigenvalue weighted by molar-refractivity contribution is 5.85. The van der Waals surface area contributed by atoms with Crippen molar-refractivity contribution in [3.8, 4) is 23.0 Å². The molecule has 1 aliphatic rings. The molecular formula is C28H30N4O2. The third-order valence-electron chi connectivity index (χ3n) is 6.26. The minimum atomic E-state index is 0.627. The lowest BCUT2D eigenvalue weighted by molar-refractivity contribution is 0.222. The Bertz CT molecular complexity index is 1220. The standard InChI is InChI=1S/C28H30N4O2/c1-33-26-15-8-7-14-25(26)32-19-17-31(18-20-32)16-9-21-34-28-23-12-5-6-13-24(23)29-27(30-28)22-10-3-2-4-11-22/h2-8,10-15H,9,16-21H2,1H3. The van der Waals surface area contributed by atoms with Crippen LogP contribution in [0, 0.1) is 0 Å². The van der Waals surface area contributed by atoms with Gasteiger partial charge in [0, 0.05) is 38.3 Å². The molecule has 4 aromatic rings. The van der Waals surface area contributed by atoms with E-state index in [4.69, 9.17) is 19.4 Å². The molecule has 0 aliphatic carbocycles. The Morgan fingerprint density at radius 2 is 1.53 bits per heavy atom. The fourth-order valence-electron chi connectivity index (χ4n) is 4.43. The molecule has 0 saturated carbocycles. The summed E-state index contributed by atoms with van der Waals surface area (Å²) in [4.78, 5) is 14.4. The molecule has 2 heterocycles. The van der Waals surface area contributed by atoms with Crippen molar-refractivity contribution in [2.24, 2.45) is 0 Å². The first kappa shape index (κ1) is 22.2. The van der Waals surface area contributed by atoms with E-state index in [1.165, 1.54) is 5.69 Å². The van der Waals surface area contributed by atoms with Gasteiger partial charge in [-0.3, -0.25) is 4.90 Å². The molecule has 34 heavy (non-hydrogen) atoms. The van der Waals surface area contributed by atoms with Crippen molar-refractivity contribution in [3.63, 3.8) is 0 Å². The number of hydrogen-bond acceptors (Lipinski definition) is 6. The van der Waals surface area contributed by atoms with E-state index >= 15 is 0 Å². The molecule has 0 N–H and O–H groups in total. The molecule has 1 aliphatic heterocycles.